The van der Waals surface area contributed by atoms with E-state index in [1.807, 2.05) is 36.4 Å². The molecule has 2 aromatic rings. The molecule has 2 aromatic carbocycles. The normalized spacial score (nSPS) is 10.6. The van der Waals surface area contributed by atoms with E-state index in [4.69, 9.17) is 10.5 Å². The summed E-state index contributed by atoms with van der Waals surface area (Å²) in [4.78, 5) is 11.7. The number of carbonyl (C=O) groups is 1. The van der Waals surface area contributed by atoms with Gasteiger partial charge in [-0.2, -0.15) is 0 Å². The van der Waals surface area contributed by atoms with Crippen molar-refractivity contribution < 1.29 is 9.53 Å². The number of carbonyl (C=O) groups excluding carboxylic acids is 1. The van der Waals surface area contributed by atoms with Crippen LogP contribution < -0.4 is 5.73 Å². The molecule has 3 nitrogen and oxygen atoms in total. The lowest BCUT2D eigenvalue weighted by molar-refractivity contribution is 0.0849. The van der Waals surface area contributed by atoms with Gasteiger partial charge in [-0.05, 0) is 22.9 Å². The van der Waals surface area contributed by atoms with Crippen molar-refractivity contribution >= 4 is 22.2 Å². The molecule has 0 amide bonds. The predicted molar refractivity (Wildman–Crippen MR) is 64.6 cm³/mol. The first-order valence-corrected chi connectivity index (χ1v) is 5.03. The maximum atomic E-state index is 11.7. The van der Waals surface area contributed by atoms with Gasteiger partial charge < -0.3 is 10.5 Å². The fourth-order valence-corrected chi connectivity index (χ4v) is 1.71. The summed E-state index contributed by atoms with van der Waals surface area (Å²) in [5.41, 5.74) is 6.87. The Morgan fingerprint density at radius 1 is 1.25 bits per heavy atom. The first-order chi connectivity index (χ1) is 7.72. The molecule has 0 spiro atoms. The fraction of sp³-hybridized carbons (Fsp3) is 0.154. The van der Waals surface area contributed by atoms with E-state index in [2.05, 4.69) is 0 Å². The van der Waals surface area contributed by atoms with Crippen molar-refractivity contribution in [3.8, 4) is 0 Å². The number of hydrogen-bond acceptors (Lipinski definition) is 3. The van der Waals surface area contributed by atoms with Gasteiger partial charge in [0.05, 0.1) is 0 Å². The zero-order chi connectivity index (χ0) is 11.5. The van der Waals surface area contributed by atoms with Gasteiger partial charge in [0.15, 0.2) is 5.78 Å². The van der Waals surface area contributed by atoms with Gasteiger partial charge in [0.2, 0.25) is 0 Å². The quantitative estimate of drug-likeness (QED) is 0.631. The molecule has 82 valence electrons. The number of methoxy groups -OCH3 is 1. The molecule has 2 rings (SSSR count). The summed E-state index contributed by atoms with van der Waals surface area (Å²) < 4.78 is 4.82. The van der Waals surface area contributed by atoms with Crippen molar-refractivity contribution in [1.29, 1.82) is 0 Å². The van der Waals surface area contributed by atoms with E-state index in [9.17, 15) is 4.79 Å². The molecular weight excluding hydrogens is 202 g/mol. The van der Waals surface area contributed by atoms with Crippen molar-refractivity contribution in [1.82, 2.24) is 0 Å². The Hall–Kier alpha value is -1.87. The van der Waals surface area contributed by atoms with Gasteiger partial charge in [-0.15, -0.1) is 0 Å². The fourth-order valence-electron chi connectivity index (χ4n) is 1.71. The van der Waals surface area contributed by atoms with Gasteiger partial charge in [0.1, 0.15) is 6.61 Å². The van der Waals surface area contributed by atoms with Gasteiger partial charge in [0.25, 0.3) is 0 Å². The van der Waals surface area contributed by atoms with Crippen LogP contribution in [0.5, 0.6) is 0 Å². The molecule has 0 atom stereocenters. The van der Waals surface area contributed by atoms with Crippen molar-refractivity contribution in [2.75, 3.05) is 19.5 Å². The standard InChI is InChI=1S/C13H13NO2/c1-16-8-13(15)11-6-9-4-2-3-5-10(9)7-12(11)14/h2-7H,8,14H2,1H3. The van der Waals surface area contributed by atoms with Crippen LogP contribution in [0.3, 0.4) is 0 Å². The second kappa shape index (κ2) is 4.33. The van der Waals surface area contributed by atoms with Crippen LogP contribution in [0.15, 0.2) is 36.4 Å². The minimum absolute atomic E-state index is 0.0581. The lowest BCUT2D eigenvalue weighted by atomic mass is 10.0. The minimum atomic E-state index is -0.0919. The molecule has 0 saturated heterocycles. The molecule has 0 saturated carbocycles. The van der Waals surface area contributed by atoms with E-state index in [1.165, 1.54) is 7.11 Å². The number of benzene rings is 2. The Labute approximate surface area is 93.8 Å². The molecule has 0 heterocycles. The van der Waals surface area contributed by atoms with Crippen LogP contribution in [-0.2, 0) is 4.74 Å². The number of fused-ring (bicyclic) bond motifs is 1. The van der Waals surface area contributed by atoms with E-state index in [-0.39, 0.29) is 12.4 Å². The summed E-state index contributed by atoms with van der Waals surface area (Å²) in [6.45, 7) is 0.0581. The van der Waals surface area contributed by atoms with Crippen LogP contribution in [0.1, 0.15) is 10.4 Å². The molecular formula is C13H13NO2. The second-order valence-electron chi connectivity index (χ2n) is 3.64. The third kappa shape index (κ3) is 1.90. The lowest BCUT2D eigenvalue weighted by Crippen LogP contribution is -2.09. The number of Topliss-reactive ketones (excluding diaryl/α,β-unsaturated/α-hetero) is 1. The number of anilines is 1. The van der Waals surface area contributed by atoms with Crippen molar-refractivity contribution in [2.45, 2.75) is 0 Å². The summed E-state index contributed by atoms with van der Waals surface area (Å²) in [7, 11) is 1.50. The van der Waals surface area contributed by atoms with Crippen LogP contribution in [0.2, 0.25) is 0 Å². The van der Waals surface area contributed by atoms with Gasteiger partial charge in [-0.25, -0.2) is 0 Å². The number of rotatable bonds is 3. The first-order valence-electron chi connectivity index (χ1n) is 5.03. The molecule has 16 heavy (non-hydrogen) atoms. The Morgan fingerprint density at radius 2 is 1.88 bits per heavy atom. The van der Waals surface area contributed by atoms with Gasteiger partial charge >= 0.3 is 0 Å². The maximum absolute atomic E-state index is 11.7. The molecule has 0 aliphatic rings. The highest BCUT2D eigenvalue weighted by Gasteiger charge is 2.10. The molecule has 2 N–H and O–H groups in total. The number of ketones is 1. The average molecular weight is 215 g/mol. The molecule has 0 aliphatic heterocycles. The van der Waals surface area contributed by atoms with Crippen LogP contribution in [0.25, 0.3) is 10.8 Å². The van der Waals surface area contributed by atoms with E-state index in [1.54, 1.807) is 0 Å². The zero-order valence-electron chi connectivity index (χ0n) is 9.07. The Morgan fingerprint density at radius 3 is 2.50 bits per heavy atom. The lowest BCUT2D eigenvalue weighted by Gasteiger charge is -2.06. The Bertz CT molecular complexity index is 534. The highest BCUT2D eigenvalue weighted by Crippen LogP contribution is 2.22. The third-order valence-corrected chi connectivity index (χ3v) is 2.49. The molecule has 0 fully saturated rings. The van der Waals surface area contributed by atoms with Crippen molar-refractivity contribution in [3.05, 3.63) is 42.0 Å². The predicted octanol–water partition coefficient (Wildman–Crippen LogP) is 2.25. The summed E-state index contributed by atoms with van der Waals surface area (Å²) in [6.07, 6.45) is 0. The summed E-state index contributed by atoms with van der Waals surface area (Å²) >= 11 is 0. The summed E-state index contributed by atoms with van der Waals surface area (Å²) in [5.74, 6) is -0.0919. The maximum Gasteiger partial charge on any atom is 0.190 e. The molecule has 0 unspecified atom stereocenters. The molecule has 0 bridgehead atoms. The van der Waals surface area contributed by atoms with Gasteiger partial charge in [0, 0.05) is 18.4 Å². The average Bonchev–Trinajstić information content (AvgIpc) is 2.28. The Kier molecular flexibility index (Phi) is 2.88. The van der Waals surface area contributed by atoms with Crippen LogP contribution in [0, 0.1) is 0 Å². The van der Waals surface area contributed by atoms with Crippen LogP contribution in [0.4, 0.5) is 5.69 Å². The smallest absolute Gasteiger partial charge is 0.190 e. The highest BCUT2D eigenvalue weighted by atomic mass is 16.5. The zero-order valence-corrected chi connectivity index (χ0v) is 9.07. The molecule has 0 aromatic heterocycles. The van der Waals surface area contributed by atoms with Crippen molar-refractivity contribution in [2.24, 2.45) is 0 Å². The van der Waals surface area contributed by atoms with E-state index in [0.717, 1.165) is 10.8 Å². The largest absolute Gasteiger partial charge is 0.398 e. The van der Waals surface area contributed by atoms with Gasteiger partial charge in [-0.1, -0.05) is 24.3 Å². The minimum Gasteiger partial charge on any atom is -0.398 e. The number of ether oxygens (including phenoxy) is 1. The number of hydrogen-bond donors (Lipinski definition) is 1. The Balaban J connectivity index is 2.54. The molecule has 0 aliphatic carbocycles. The van der Waals surface area contributed by atoms with E-state index >= 15 is 0 Å². The number of nitrogen functional groups attached to an aromatic ring is 1. The summed E-state index contributed by atoms with van der Waals surface area (Å²) in [6, 6.07) is 11.4. The molecule has 0 radical (unpaired) electrons. The first kappa shape index (κ1) is 10.6. The van der Waals surface area contributed by atoms with Gasteiger partial charge in [-0.3, -0.25) is 4.79 Å². The van der Waals surface area contributed by atoms with Crippen LogP contribution in [-0.4, -0.2) is 19.5 Å². The third-order valence-electron chi connectivity index (χ3n) is 2.49. The summed E-state index contributed by atoms with van der Waals surface area (Å²) in [5, 5.41) is 2.05. The molecule has 3 heteroatoms. The van der Waals surface area contributed by atoms with E-state index in [0.29, 0.717) is 11.3 Å². The number of nitrogens with two attached hydrogens (primary N) is 1. The monoisotopic (exact) mass is 215 g/mol. The second-order valence-corrected chi connectivity index (χ2v) is 3.64. The topological polar surface area (TPSA) is 52.3 Å². The van der Waals surface area contributed by atoms with Crippen molar-refractivity contribution in [3.63, 3.8) is 0 Å². The van der Waals surface area contributed by atoms with Crippen LogP contribution >= 0.6 is 0 Å². The van der Waals surface area contributed by atoms with E-state index < -0.39 is 0 Å². The highest BCUT2D eigenvalue weighted by molar-refractivity contribution is 6.05. The SMILES string of the molecule is COCC(=O)c1cc2ccccc2cc1N.